The van der Waals surface area contributed by atoms with Crippen LogP contribution in [-0.2, 0) is 4.74 Å². The lowest BCUT2D eigenvalue weighted by Crippen LogP contribution is -2.35. The highest BCUT2D eigenvalue weighted by molar-refractivity contribution is 6.20. The summed E-state index contributed by atoms with van der Waals surface area (Å²) in [6, 6.07) is 6.39. The largest absolute Gasteiger partial charge is 0.444 e. The number of hydrogen-bond acceptors (Lipinski definition) is 2. The Morgan fingerprint density at radius 3 is 2.55 bits per heavy atom. The molecule has 1 rings (SSSR count). The van der Waals surface area contributed by atoms with Crippen LogP contribution in [0.25, 0.3) is 0 Å². The SMILES string of the molecule is CN(CCC(Cl)c1ccccc1F)C(=O)OC(C)(C)C. The molecule has 0 heterocycles. The summed E-state index contributed by atoms with van der Waals surface area (Å²) >= 11 is 6.17. The number of nitrogens with zero attached hydrogens (tertiary/aromatic N) is 1. The van der Waals surface area contributed by atoms with Crippen molar-refractivity contribution < 1.29 is 13.9 Å². The predicted octanol–water partition coefficient (Wildman–Crippen LogP) is 4.36. The average Bonchev–Trinajstić information content (AvgIpc) is 2.34. The molecule has 0 N–H and O–H groups in total. The number of amides is 1. The van der Waals surface area contributed by atoms with E-state index < -0.39 is 17.1 Å². The lowest BCUT2D eigenvalue weighted by Gasteiger charge is -2.25. The molecule has 0 aliphatic heterocycles. The minimum absolute atomic E-state index is 0.326. The van der Waals surface area contributed by atoms with Crippen LogP contribution in [-0.4, -0.2) is 30.2 Å². The van der Waals surface area contributed by atoms with Crippen molar-refractivity contribution in [1.29, 1.82) is 0 Å². The first kappa shape index (κ1) is 16.8. The lowest BCUT2D eigenvalue weighted by molar-refractivity contribution is 0.0297. The lowest BCUT2D eigenvalue weighted by atomic mass is 10.1. The van der Waals surface area contributed by atoms with E-state index in [4.69, 9.17) is 16.3 Å². The zero-order valence-electron chi connectivity index (χ0n) is 12.3. The number of ether oxygens (including phenoxy) is 1. The highest BCUT2D eigenvalue weighted by Gasteiger charge is 2.20. The van der Waals surface area contributed by atoms with Gasteiger partial charge in [0.15, 0.2) is 0 Å². The van der Waals surface area contributed by atoms with E-state index in [0.29, 0.717) is 18.5 Å². The highest BCUT2D eigenvalue weighted by Crippen LogP contribution is 2.26. The Labute approximate surface area is 124 Å². The molecule has 112 valence electrons. The van der Waals surface area contributed by atoms with Gasteiger partial charge in [0.2, 0.25) is 0 Å². The number of benzene rings is 1. The maximum absolute atomic E-state index is 13.6. The Morgan fingerprint density at radius 1 is 1.40 bits per heavy atom. The quantitative estimate of drug-likeness (QED) is 0.773. The fourth-order valence-electron chi connectivity index (χ4n) is 1.62. The zero-order valence-corrected chi connectivity index (χ0v) is 13.1. The minimum Gasteiger partial charge on any atom is -0.444 e. The fourth-order valence-corrected chi connectivity index (χ4v) is 1.90. The average molecular weight is 302 g/mol. The normalized spacial score (nSPS) is 12.9. The monoisotopic (exact) mass is 301 g/mol. The summed E-state index contributed by atoms with van der Waals surface area (Å²) in [6.07, 6.45) is 0.0491. The van der Waals surface area contributed by atoms with E-state index in [1.807, 2.05) is 20.8 Å². The molecular formula is C15H21ClFNO2. The molecule has 0 bridgehead atoms. The molecule has 3 nitrogen and oxygen atoms in total. The number of hydrogen-bond donors (Lipinski definition) is 0. The number of carbonyl (C=O) groups excluding carboxylic acids is 1. The van der Waals surface area contributed by atoms with Crippen molar-refractivity contribution >= 4 is 17.7 Å². The Balaban J connectivity index is 2.51. The zero-order chi connectivity index (χ0) is 15.3. The van der Waals surface area contributed by atoms with Crippen molar-refractivity contribution in [2.75, 3.05) is 13.6 Å². The van der Waals surface area contributed by atoms with Crippen LogP contribution < -0.4 is 0 Å². The van der Waals surface area contributed by atoms with Crippen molar-refractivity contribution in [2.45, 2.75) is 38.2 Å². The molecule has 0 saturated carbocycles. The first-order valence-electron chi connectivity index (χ1n) is 6.53. The maximum Gasteiger partial charge on any atom is 0.410 e. The molecule has 5 heteroatoms. The first-order valence-corrected chi connectivity index (χ1v) is 6.97. The van der Waals surface area contributed by atoms with Gasteiger partial charge in [0, 0.05) is 19.2 Å². The Kier molecular flexibility index (Phi) is 5.81. The van der Waals surface area contributed by atoms with E-state index in [1.165, 1.54) is 11.0 Å². The van der Waals surface area contributed by atoms with E-state index in [1.54, 1.807) is 25.2 Å². The summed E-state index contributed by atoms with van der Waals surface area (Å²) in [6.45, 7) is 5.82. The smallest absolute Gasteiger partial charge is 0.410 e. The standard InChI is InChI=1S/C15H21ClFNO2/c1-15(2,3)20-14(19)18(4)10-9-12(16)11-7-5-6-8-13(11)17/h5-8,12H,9-10H2,1-4H3. The first-order chi connectivity index (χ1) is 9.20. The third-order valence-electron chi connectivity index (χ3n) is 2.67. The third kappa shape index (κ3) is 5.37. The van der Waals surface area contributed by atoms with Crippen LogP contribution in [0, 0.1) is 5.82 Å². The second-order valence-electron chi connectivity index (χ2n) is 5.68. The predicted molar refractivity (Wildman–Crippen MR) is 78.5 cm³/mol. The van der Waals surface area contributed by atoms with Gasteiger partial charge in [0.05, 0.1) is 5.38 Å². The molecule has 0 aliphatic carbocycles. The van der Waals surface area contributed by atoms with E-state index in [2.05, 4.69) is 0 Å². The highest BCUT2D eigenvalue weighted by atomic mass is 35.5. The van der Waals surface area contributed by atoms with Crippen molar-refractivity contribution in [3.05, 3.63) is 35.6 Å². The van der Waals surface area contributed by atoms with Crippen molar-refractivity contribution in [2.24, 2.45) is 0 Å². The van der Waals surface area contributed by atoms with Crippen LogP contribution in [0.5, 0.6) is 0 Å². The molecular weight excluding hydrogens is 281 g/mol. The van der Waals surface area contributed by atoms with Gasteiger partial charge in [-0.05, 0) is 33.3 Å². The summed E-state index contributed by atoms with van der Waals surface area (Å²) in [5, 5.41) is -0.471. The molecule has 0 fully saturated rings. The molecule has 1 unspecified atom stereocenters. The molecule has 0 spiro atoms. The van der Waals surface area contributed by atoms with Gasteiger partial charge in [-0.3, -0.25) is 0 Å². The van der Waals surface area contributed by atoms with Gasteiger partial charge in [-0.25, -0.2) is 9.18 Å². The molecule has 0 radical (unpaired) electrons. The molecule has 0 saturated heterocycles. The molecule has 1 aromatic carbocycles. The van der Waals surface area contributed by atoms with Gasteiger partial charge in [0.25, 0.3) is 0 Å². The van der Waals surface area contributed by atoms with E-state index >= 15 is 0 Å². The van der Waals surface area contributed by atoms with Gasteiger partial charge in [0.1, 0.15) is 11.4 Å². The Morgan fingerprint density at radius 2 is 2.00 bits per heavy atom. The van der Waals surface area contributed by atoms with Crippen molar-refractivity contribution in [3.63, 3.8) is 0 Å². The molecule has 1 atom stereocenters. The van der Waals surface area contributed by atoms with Gasteiger partial charge in [-0.1, -0.05) is 18.2 Å². The molecule has 20 heavy (non-hydrogen) atoms. The minimum atomic E-state index is -0.531. The topological polar surface area (TPSA) is 29.5 Å². The van der Waals surface area contributed by atoms with Crippen LogP contribution in [0.4, 0.5) is 9.18 Å². The molecule has 1 aromatic rings. The van der Waals surface area contributed by atoms with Crippen molar-refractivity contribution in [1.82, 2.24) is 4.90 Å². The maximum atomic E-state index is 13.6. The summed E-state index contributed by atoms with van der Waals surface area (Å²) < 4.78 is 18.8. The van der Waals surface area contributed by atoms with Crippen LogP contribution in [0.15, 0.2) is 24.3 Å². The Bertz CT molecular complexity index is 459. The van der Waals surface area contributed by atoms with Gasteiger partial charge < -0.3 is 9.64 Å². The number of halogens is 2. The molecule has 0 aromatic heterocycles. The molecule has 1 amide bonds. The number of alkyl halides is 1. The fraction of sp³-hybridized carbons (Fsp3) is 0.533. The van der Waals surface area contributed by atoms with E-state index in [0.717, 1.165) is 0 Å². The van der Waals surface area contributed by atoms with Gasteiger partial charge in [-0.15, -0.1) is 11.6 Å². The van der Waals surface area contributed by atoms with Gasteiger partial charge in [-0.2, -0.15) is 0 Å². The Hall–Kier alpha value is -1.29. The van der Waals surface area contributed by atoms with Crippen LogP contribution in [0.1, 0.15) is 38.1 Å². The summed E-state index contributed by atoms with van der Waals surface area (Å²) in [7, 11) is 1.64. The van der Waals surface area contributed by atoms with E-state index in [-0.39, 0.29) is 5.82 Å². The van der Waals surface area contributed by atoms with Gasteiger partial charge >= 0.3 is 6.09 Å². The third-order valence-corrected chi connectivity index (χ3v) is 3.12. The second kappa shape index (κ2) is 6.93. The number of carbonyl (C=O) groups is 1. The summed E-state index contributed by atoms with van der Waals surface area (Å²) in [5.74, 6) is -0.326. The van der Waals surface area contributed by atoms with Crippen LogP contribution in [0.2, 0.25) is 0 Å². The van der Waals surface area contributed by atoms with E-state index in [9.17, 15) is 9.18 Å². The summed E-state index contributed by atoms with van der Waals surface area (Å²) in [4.78, 5) is 13.2. The summed E-state index contributed by atoms with van der Waals surface area (Å²) in [5.41, 5.74) is -0.0798. The van der Waals surface area contributed by atoms with Crippen LogP contribution >= 0.6 is 11.6 Å². The van der Waals surface area contributed by atoms with Crippen molar-refractivity contribution in [3.8, 4) is 0 Å². The second-order valence-corrected chi connectivity index (χ2v) is 6.21. The number of rotatable bonds is 4. The van der Waals surface area contributed by atoms with Crippen LogP contribution in [0.3, 0.4) is 0 Å². The molecule has 0 aliphatic rings.